The molecule has 0 aromatic heterocycles. The van der Waals surface area contributed by atoms with Gasteiger partial charge in [0.15, 0.2) is 0 Å². The Kier molecular flexibility index (Phi) is 4.41. The maximum Gasteiger partial charge on any atom is 0.245 e. The molecule has 0 amide bonds. The topological polar surface area (TPSA) is 63.4 Å². The zero-order valence-electron chi connectivity index (χ0n) is 11.4. The van der Waals surface area contributed by atoms with Gasteiger partial charge in [-0.1, -0.05) is 13.8 Å². The van der Waals surface area contributed by atoms with Crippen LogP contribution >= 0.6 is 15.9 Å². The molecule has 1 fully saturated rings. The Morgan fingerprint density at radius 1 is 1.45 bits per heavy atom. The van der Waals surface area contributed by atoms with Crippen molar-refractivity contribution in [1.82, 2.24) is 4.31 Å². The highest BCUT2D eigenvalue weighted by molar-refractivity contribution is 9.10. The van der Waals surface area contributed by atoms with Crippen molar-refractivity contribution in [3.63, 3.8) is 0 Å². The van der Waals surface area contributed by atoms with Gasteiger partial charge in [0.25, 0.3) is 0 Å². The van der Waals surface area contributed by atoms with Crippen LogP contribution in [0.5, 0.6) is 0 Å². The predicted octanol–water partition coefficient (Wildman–Crippen LogP) is 2.98. The molecule has 1 aliphatic heterocycles. The van der Waals surface area contributed by atoms with E-state index in [9.17, 15) is 12.8 Å². The lowest BCUT2D eigenvalue weighted by Crippen LogP contribution is -2.38. The van der Waals surface area contributed by atoms with Crippen LogP contribution in [0, 0.1) is 11.7 Å². The molecule has 7 heteroatoms. The fraction of sp³-hybridized carbons (Fsp3) is 0.538. The van der Waals surface area contributed by atoms with Gasteiger partial charge in [0.1, 0.15) is 10.7 Å². The molecule has 0 saturated carbocycles. The summed E-state index contributed by atoms with van der Waals surface area (Å²) in [6.45, 7) is 4.49. The number of benzene rings is 1. The predicted molar refractivity (Wildman–Crippen MR) is 80.3 cm³/mol. The summed E-state index contributed by atoms with van der Waals surface area (Å²) in [5, 5.41) is 0. The van der Waals surface area contributed by atoms with Crippen molar-refractivity contribution in [2.24, 2.45) is 5.92 Å². The molecule has 1 unspecified atom stereocenters. The van der Waals surface area contributed by atoms with Crippen LogP contribution in [0.3, 0.4) is 0 Å². The minimum Gasteiger partial charge on any atom is -0.398 e. The Morgan fingerprint density at radius 2 is 2.10 bits per heavy atom. The van der Waals surface area contributed by atoms with Crippen LogP contribution in [0.25, 0.3) is 0 Å². The van der Waals surface area contributed by atoms with Gasteiger partial charge in [-0.15, -0.1) is 0 Å². The molecule has 1 aromatic rings. The van der Waals surface area contributed by atoms with Crippen LogP contribution in [-0.4, -0.2) is 25.3 Å². The van der Waals surface area contributed by atoms with E-state index in [0.29, 0.717) is 6.54 Å². The molecular formula is C13H18BrFN2O2S. The number of rotatable bonds is 3. The Morgan fingerprint density at radius 3 is 2.70 bits per heavy atom. The molecule has 1 aliphatic rings. The largest absolute Gasteiger partial charge is 0.398 e. The first-order chi connectivity index (χ1) is 9.25. The molecule has 2 N–H and O–H groups in total. The van der Waals surface area contributed by atoms with Gasteiger partial charge in [0.2, 0.25) is 10.0 Å². The average molecular weight is 365 g/mol. The van der Waals surface area contributed by atoms with E-state index in [1.54, 1.807) is 0 Å². The van der Waals surface area contributed by atoms with Crippen molar-refractivity contribution in [3.05, 3.63) is 22.4 Å². The van der Waals surface area contributed by atoms with Crippen LogP contribution in [0.2, 0.25) is 0 Å². The highest BCUT2D eigenvalue weighted by atomic mass is 79.9. The first kappa shape index (κ1) is 15.7. The van der Waals surface area contributed by atoms with Gasteiger partial charge in [0.05, 0.1) is 10.2 Å². The summed E-state index contributed by atoms with van der Waals surface area (Å²) in [5.41, 5.74) is 5.64. The van der Waals surface area contributed by atoms with Gasteiger partial charge in [0, 0.05) is 12.6 Å². The van der Waals surface area contributed by atoms with Gasteiger partial charge < -0.3 is 5.73 Å². The van der Waals surface area contributed by atoms with Crippen LogP contribution < -0.4 is 5.73 Å². The van der Waals surface area contributed by atoms with E-state index >= 15 is 0 Å². The number of hydrogen-bond acceptors (Lipinski definition) is 3. The normalized spacial score (nSPS) is 20.8. The van der Waals surface area contributed by atoms with Gasteiger partial charge >= 0.3 is 0 Å². The second kappa shape index (κ2) is 5.61. The van der Waals surface area contributed by atoms with Crippen LogP contribution in [0.15, 0.2) is 21.5 Å². The Bertz CT molecular complexity index is 619. The summed E-state index contributed by atoms with van der Waals surface area (Å²) in [5.74, 6) is -0.333. The number of sulfonamides is 1. The monoisotopic (exact) mass is 364 g/mol. The Balaban J connectivity index is 2.48. The van der Waals surface area contributed by atoms with Crippen molar-refractivity contribution in [1.29, 1.82) is 0 Å². The van der Waals surface area contributed by atoms with E-state index in [1.165, 1.54) is 10.4 Å². The first-order valence-corrected chi connectivity index (χ1v) is 8.75. The Labute approximate surface area is 127 Å². The van der Waals surface area contributed by atoms with E-state index < -0.39 is 15.8 Å². The second-order valence-corrected chi connectivity index (χ2v) is 8.09. The molecule has 0 aliphatic carbocycles. The highest BCUT2D eigenvalue weighted by Crippen LogP contribution is 2.34. The van der Waals surface area contributed by atoms with Gasteiger partial charge in [-0.2, -0.15) is 4.31 Å². The van der Waals surface area contributed by atoms with Gasteiger partial charge in [-0.3, -0.25) is 0 Å². The van der Waals surface area contributed by atoms with E-state index in [1.807, 2.05) is 13.8 Å². The third kappa shape index (κ3) is 2.71. The number of nitrogens with two attached hydrogens (primary N) is 1. The van der Waals surface area contributed by atoms with Gasteiger partial charge in [-0.05, 0) is 46.8 Å². The lowest BCUT2D eigenvalue weighted by atomic mass is 10.0. The van der Waals surface area contributed by atoms with Crippen molar-refractivity contribution in [2.75, 3.05) is 12.3 Å². The number of halogens is 2. The smallest absolute Gasteiger partial charge is 0.245 e. The zero-order chi connectivity index (χ0) is 15.1. The average Bonchev–Trinajstić information content (AvgIpc) is 2.83. The molecular weight excluding hydrogens is 347 g/mol. The summed E-state index contributed by atoms with van der Waals surface area (Å²) in [7, 11) is -3.69. The van der Waals surface area contributed by atoms with E-state index in [4.69, 9.17) is 5.73 Å². The molecule has 2 rings (SSSR count). The summed E-state index contributed by atoms with van der Waals surface area (Å²) >= 11 is 3.01. The van der Waals surface area contributed by atoms with Crippen molar-refractivity contribution in [3.8, 4) is 0 Å². The molecule has 1 saturated heterocycles. The molecule has 0 bridgehead atoms. The number of nitrogens with zero attached hydrogens (tertiary/aromatic N) is 1. The van der Waals surface area contributed by atoms with Crippen molar-refractivity contribution >= 4 is 31.6 Å². The van der Waals surface area contributed by atoms with E-state index in [-0.39, 0.29) is 27.0 Å². The van der Waals surface area contributed by atoms with Crippen LogP contribution in [0.1, 0.15) is 26.7 Å². The molecule has 20 heavy (non-hydrogen) atoms. The quantitative estimate of drug-likeness (QED) is 0.838. The molecule has 112 valence electrons. The molecule has 0 spiro atoms. The highest BCUT2D eigenvalue weighted by Gasteiger charge is 2.37. The summed E-state index contributed by atoms with van der Waals surface area (Å²) in [4.78, 5) is -0.0293. The second-order valence-electron chi connectivity index (χ2n) is 5.37. The third-order valence-corrected chi connectivity index (χ3v) is 6.25. The number of anilines is 1. The molecule has 0 radical (unpaired) electrons. The molecule has 1 aromatic carbocycles. The number of nitrogen functional groups attached to an aromatic ring is 1. The van der Waals surface area contributed by atoms with Crippen molar-refractivity contribution < 1.29 is 12.8 Å². The SMILES string of the molecule is CC(C)C1CCCN1S(=O)(=O)c1cc(Br)c(F)cc1N. The zero-order valence-corrected chi connectivity index (χ0v) is 13.8. The van der Waals surface area contributed by atoms with Crippen LogP contribution in [-0.2, 0) is 10.0 Å². The van der Waals surface area contributed by atoms with E-state index in [0.717, 1.165) is 18.9 Å². The maximum absolute atomic E-state index is 13.4. The molecule has 1 atom stereocenters. The van der Waals surface area contributed by atoms with Crippen molar-refractivity contribution in [2.45, 2.75) is 37.6 Å². The first-order valence-electron chi connectivity index (χ1n) is 6.51. The fourth-order valence-electron chi connectivity index (χ4n) is 2.62. The fourth-order valence-corrected chi connectivity index (χ4v) is 5.07. The van der Waals surface area contributed by atoms with Gasteiger partial charge in [-0.25, -0.2) is 12.8 Å². The molecule has 4 nitrogen and oxygen atoms in total. The third-order valence-electron chi connectivity index (χ3n) is 3.66. The summed E-state index contributed by atoms with van der Waals surface area (Å²) < 4.78 is 40.5. The van der Waals surface area contributed by atoms with Crippen LogP contribution in [0.4, 0.5) is 10.1 Å². The lowest BCUT2D eigenvalue weighted by molar-refractivity contribution is 0.316. The minimum absolute atomic E-state index is 0.0248. The number of hydrogen-bond donors (Lipinski definition) is 1. The maximum atomic E-state index is 13.4. The van der Waals surface area contributed by atoms with E-state index in [2.05, 4.69) is 15.9 Å². The standard InChI is InChI=1S/C13H18BrFN2O2S/c1-8(2)12-4-3-5-17(12)20(18,19)13-6-9(14)10(15)7-11(13)16/h6-8,12H,3-5,16H2,1-2H3. The lowest BCUT2D eigenvalue weighted by Gasteiger charge is -2.27. The molecule has 1 heterocycles. The Hall–Kier alpha value is -0.660. The minimum atomic E-state index is -3.69. The summed E-state index contributed by atoms with van der Waals surface area (Å²) in [6, 6.07) is 2.26. The summed E-state index contributed by atoms with van der Waals surface area (Å²) in [6.07, 6.45) is 1.68.